The van der Waals surface area contributed by atoms with Crippen molar-refractivity contribution in [2.24, 2.45) is 0 Å². The highest BCUT2D eigenvalue weighted by Gasteiger charge is 2.04. The number of allylic oxidation sites excluding steroid dienone is 1. The Balaban J connectivity index is 3.53. The molecule has 0 aliphatic rings. The molecular formula is C8H10F2O3. The zero-order chi connectivity index (χ0) is 10.3. The summed E-state index contributed by atoms with van der Waals surface area (Å²) >= 11 is 0. The molecule has 0 aromatic rings. The summed E-state index contributed by atoms with van der Waals surface area (Å²) in [6.07, 6.45) is -1.22. The number of esters is 1. The van der Waals surface area contributed by atoms with Gasteiger partial charge in [0.2, 0.25) is 0 Å². The molecular weight excluding hydrogens is 182 g/mol. The first kappa shape index (κ1) is 11.7. The maximum atomic E-state index is 11.5. The molecule has 0 aliphatic heterocycles. The fourth-order valence-electron chi connectivity index (χ4n) is 0.554. The number of Topliss-reactive ketones (excluding diaryl/α,β-unsaturated/α-hetero) is 1. The zero-order valence-corrected chi connectivity index (χ0v) is 7.13. The lowest BCUT2D eigenvalue weighted by molar-refractivity contribution is -0.144. The van der Waals surface area contributed by atoms with Gasteiger partial charge in [0.1, 0.15) is 18.8 Å². The van der Waals surface area contributed by atoms with Gasteiger partial charge in [0.25, 0.3) is 6.43 Å². The van der Waals surface area contributed by atoms with Crippen molar-refractivity contribution in [2.75, 3.05) is 6.61 Å². The van der Waals surface area contributed by atoms with Gasteiger partial charge < -0.3 is 4.74 Å². The highest BCUT2D eigenvalue weighted by atomic mass is 19.3. The standard InChI is InChI=1S/C8H10F2O3/c1-6(11)5-8(12)13-4-2-3-7(9)10/h2-3,7H,4-5H2,1H3. The van der Waals surface area contributed by atoms with Crippen LogP contribution in [-0.2, 0) is 14.3 Å². The molecule has 5 heteroatoms. The Morgan fingerprint density at radius 3 is 2.54 bits per heavy atom. The predicted molar refractivity (Wildman–Crippen MR) is 41.4 cm³/mol. The van der Waals surface area contributed by atoms with Crippen molar-refractivity contribution in [2.45, 2.75) is 19.8 Å². The fourth-order valence-corrected chi connectivity index (χ4v) is 0.554. The number of carbonyl (C=O) groups excluding carboxylic acids is 2. The molecule has 0 aromatic carbocycles. The van der Waals surface area contributed by atoms with E-state index in [1.807, 2.05) is 0 Å². The van der Waals surface area contributed by atoms with Gasteiger partial charge in [-0.05, 0) is 19.1 Å². The maximum absolute atomic E-state index is 11.5. The quantitative estimate of drug-likeness (QED) is 0.375. The van der Waals surface area contributed by atoms with Gasteiger partial charge in [-0.2, -0.15) is 0 Å². The molecule has 0 saturated carbocycles. The third-order valence-corrected chi connectivity index (χ3v) is 1.02. The first-order valence-corrected chi connectivity index (χ1v) is 3.62. The molecule has 0 atom stereocenters. The summed E-state index contributed by atoms with van der Waals surface area (Å²) in [5.74, 6) is -1.02. The number of carbonyl (C=O) groups is 2. The average Bonchev–Trinajstić information content (AvgIpc) is 1.96. The van der Waals surface area contributed by atoms with Crippen LogP contribution >= 0.6 is 0 Å². The van der Waals surface area contributed by atoms with Crippen molar-refractivity contribution < 1.29 is 23.1 Å². The molecule has 0 rings (SSSR count). The minimum Gasteiger partial charge on any atom is -0.461 e. The number of alkyl halides is 2. The SMILES string of the molecule is CC(=O)CC(=O)OCC=CC(F)F. The van der Waals surface area contributed by atoms with E-state index in [1.165, 1.54) is 6.92 Å². The number of rotatable bonds is 5. The maximum Gasteiger partial charge on any atom is 0.313 e. The van der Waals surface area contributed by atoms with Crippen molar-refractivity contribution >= 4 is 11.8 Å². The fraction of sp³-hybridized carbons (Fsp3) is 0.500. The van der Waals surface area contributed by atoms with Crippen LogP contribution in [0.1, 0.15) is 13.3 Å². The summed E-state index contributed by atoms with van der Waals surface area (Å²) in [7, 11) is 0. The molecule has 0 radical (unpaired) electrons. The Bertz CT molecular complexity index is 211. The Morgan fingerprint density at radius 1 is 1.46 bits per heavy atom. The van der Waals surface area contributed by atoms with Crippen LogP contribution in [0.25, 0.3) is 0 Å². The molecule has 0 unspecified atom stereocenters. The molecule has 0 fully saturated rings. The topological polar surface area (TPSA) is 43.4 Å². The molecule has 0 aromatic heterocycles. The van der Waals surface area contributed by atoms with Gasteiger partial charge in [-0.3, -0.25) is 9.59 Å². The number of hydrogen-bond acceptors (Lipinski definition) is 3. The largest absolute Gasteiger partial charge is 0.461 e. The van der Waals surface area contributed by atoms with Crippen molar-refractivity contribution in [3.63, 3.8) is 0 Å². The summed E-state index contributed by atoms with van der Waals surface area (Å²) in [6, 6.07) is 0. The van der Waals surface area contributed by atoms with Crippen molar-refractivity contribution in [3.05, 3.63) is 12.2 Å². The van der Waals surface area contributed by atoms with Crippen LogP contribution in [0, 0.1) is 0 Å². The van der Waals surface area contributed by atoms with Crippen molar-refractivity contribution in [3.8, 4) is 0 Å². The molecule has 0 heterocycles. The van der Waals surface area contributed by atoms with Gasteiger partial charge in [-0.15, -0.1) is 0 Å². The molecule has 74 valence electrons. The van der Waals surface area contributed by atoms with Gasteiger partial charge in [-0.25, -0.2) is 8.78 Å². The van der Waals surface area contributed by atoms with E-state index in [1.54, 1.807) is 0 Å². The summed E-state index contributed by atoms with van der Waals surface area (Å²) in [6.45, 7) is 1.02. The lowest BCUT2D eigenvalue weighted by atomic mass is 10.3. The monoisotopic (exact) mass is 192 g/mol. The first-order chi connectivity index (χ1) is 6.02. The highest BCUT2D eigenvalue weighted by Crippen LogP contribution is 1.94. The van der Waals surface area contributed by atoms with Crippen LogP contribution < -0.4 is 0 Å². The second-order valence-corrected chi connectivity index (χ2v) is 2.32. The van der Waals surface area contributed by atoms with Gasteiger partial charge in [0.05, 0.1) is 0 Å². The number of halogens is 2. The molecule has 0 aliphatic carbocycles. The Labute approximate surface area is 74.4 Å². The minimum absolute atomic E-state index is 0.226. The molecule has 13 heavy (non-hydrogen) atoms. The van der Waals surface area contributed by atoms with Gasteiger partial charge in [0, 0.05) is 0 Å². The molecule has 0 saturated heterocycles. The van der Waals surface area contributed by atoms with Gasteiger partial charge in [-0.1, -0.05) is 0 Å². The molecule has 0 spiro atoms. The molecule has 0 amide bonds. The minimum atomic E-state index is -2.55. The van der Waals surface area contributed by atoms with E-state index in [0.29, 0.717) is 6.08 Å². The summed E-state index contributed by atoms with van der Waals surface area (Å²) < 4.78 is 27.4. The molecule has 0 N–H and O–H groups in total. The highest BCUT2D eigenvalue weighted by molar-refractivity contribution is 5.94. The van der Waals surface area contributed by atoms with Crippen molar-refractivity contribution in [1.82, 2.24) is 0 Å². The van der Waals surface area contributed by atoms with Gasteiger partial charge in [0.15, 0.2) is 0 Å². The van der Waals surface area contributed by atoms with E-state index in [0.717, 1.165) is 6.08 Å². The van der Waals surface area contributed by atoms with Crippen LogP contribution in [0.15, 0.2) is 12.2 Å². The van der Waals surface area contributed by atoms with Crippen LogP contribution in [0.2, 0.25) is 0 Å². The Hall–Kier alpha value is -1.26. The smallest absolute Gasteiger partial charge is 0.313 e. The van der Waals surface area contributed by atoms with Crippen molar-refractivity contribution in [1.29, 1.82) is 0 Å². The van der Waals surface area contributed by atoms with Crippen LogP contribution in [0.4, 0.5) is 8.78 Å². The lowest BCUT2D eigenvalue weighted by Gasteiger charge is -1.98. The van der Waals surface area contributed by atoms with E-state index in [-0.39, 0.29) is 18.8 Å². The first-order valence-electron chi connectivity index (χ1n) is 3.62. The second-order valence-electron chi connectivity index (χ2n) is 2.32. The lowest BCUT2D eigenvalue weighted by Crippen LogP contribution is -2.08. The van der Waals surface area contributed by atoms with Crippen LogP contribution in [0.3, 0.4) is 0 Å². The third kappa shape index (κ3) is 8.65. The molecule has 0 bridgehead atoms. The summed E-state index contributed by atoms with van der Waals surface area (Å²) in [5, 5.41) is 0. The third-order valence-electron chi connectivity index (χ3n) is 1.02. The number of ketones is 1. The normalized spacial score (nSPS) is 10.8. The Kier molecular flexibility index (Phi) is 5.67. The van der Waals surface area contributed by atoms with E-state index < -0.39 is 12.4 Å². The van der Waals surface area contributed by atoms with Crippen LogP contribution in [0.5, 0.6) is 0 Å². The van der Waals surface area contributed by atoms with E-state index in [4.69, 9.17) is 0 Å². The Morgan fingerprint density at radius 2 is 2.08 bits per heavy atom. The average molecular weight is 192 g/mol. The second kappa shape index (κ2) is 6.28. The number of ether oxygens (including phenoxy) is 1. The van der Waals surface area contributed by atoms with E-state index in [2.05, 4.69) is 4.74 Å². The molecule has 3 nitrogen and oxygen atoms in total. The van der Waals surface area contributed by atoms with E-state index >= 15 is 0 Å². The van der Waals surface area contributed by atoms with Crippen LogP contribution in [-0.4, -0.2) is 24.8 Å². The number of hydrogen-bond donors (Lipinski definition) is 0. The summed E-state index contributed by atoms with van der Waals surface area (Å²) in [5.41, 5.74) is 0. The summed E-state index contributed by atoms with van der Waals surface area (Å²) in [4.78, 5) is 21.0. The van der Waals surface area contributed by atoms with Gasteiger partial charge >= 0.3 is 5.97 Å². The zero-order valence-electron chi connectivity index (χ0n) is 7.13. The van der Waals surface area contributed by atoms with E-state index in [9.17, 15) is 18.4 Å². The predicted octanol–water partition coefficient (Wildman–Crippen LogP) is 1.33.